The minimum absolute atomic E-state index is 0.422. The van der Waals surface area contributed by atoms with Crippen LogP contribution in [0, 0.1) is 0 Å². The Kier molecular flexibility index (Phi) is 4.62. The van der Waals surface area contributed by atoms with Crippen molar-refractivity contribution < 1.29 is 14.6 Å². The molecule has 0 bridgehead atoms. The molecule has 104 valence electrons. The van der Waals surface area contributed by atoms with Crippen molar-refractivity contribution >= 4 is 5.97 Å². The summed E-state index contributed by atoms with van der Waals surface area (Å²) in [5, 5.41) is 9.41. The van der Waals surface area contributed by atoms with Crippen molar-refractivity contribution in [2.75, 3.05) is 19.7 Å². The van der Waals surface area contributed by atoms with Crippen LogP contribution in [0.1, 0.15) is 51.9 Å². The summed E-state index contributed by atoms with van der Waals surface area (Å²) in [6, 6.07) is 0. The van der Waals surface area contributed by atoms with Gasteiger partial charge in [0.25, 0.3) is 0 Å². The van der Waals surface area contributed by atoms with Gasteiger partial charge in [-0.25, -0.2) is 0 Å². The summed E-state index contributed by atoms with van der Waals surface area (Å²) in [5.74, 6) is -0.667. The Balaban J connectivity index is 1.80. The molecule has 0 aromatic heterocycles. The second-order valence-electron chi connectivity index (χ2n) is 5.80. The highest BCUT2D eigenvalue weighted by atomic mass is 16.5. The molecular formula is C14H25NO3. The lowest BCUT2D eigenvalue weighted by Gasteiger charge is -2.41. The first-order valence-electron chi connectivity index (χ1n) is 7.23. The number of nitrogens with zero attached hydrogens (tertiary/aromatic N) is 1. The number of likely N-dealkylation sites (tertiary alicyclic amines) is 1. The molecule has 4 heteroatoms. The van der Waals surface area contributed by atoms with Crippen LogP contribution in [0.4, 0.5) is 0 Å². The number of hydrogen-bond acceptors (Lipinski definition) is 3. The van der Waals surface area contributed by atoms with Gasteiger partial charge in [0.05, 0.1) is 6.10 Å². The van der Waals surface area contributed by atoms with E-state index in [1.165, 1.54) is 12.8 Å². The van der Waals surface area contributed by atoms with E-state index in [0.717, 1.165) is 51.8 Å². The van der Waals surface area contributed by atoms with Crippen molar-refractivity contribution in [2.24, 2.45) is 0 Å². The van der Waals surface area contributed by atoms with Crippen molar-refractivity contribution in [2.45, 2.75) is 63.5 Å². The molecule has 2 atom stereocenters. The zero-order valence-electron chi connectivity index (χ0n) is 11.4. The van der Waals surface area contributed by atoms with Crippen LogP contribution in [0.25, 0.3) is 0 Å². The van der Waals surface area contributed by atoms with Crippen molar-refractivity contribution in [3.05, 3.63) is 0 Å². The number of rotatable bonds is 5. The summed E-state index contributed by atoms with van der Waals surface area (Å²) >= 11 is 0. The Labute approximate surface area is 109 Å². The average molecular weight is 255 g/mol. The molecule has 4 nitrogen and oxygen atoms in total. The monoisotopic (exact) mass is 255 g/mol. The molecule has 1 N–H and O–H groups in total. The topological polar surface area (TPSA) is 49.8 Å². The number of carboxylic acids is 1. The van der Waals surface area contributed by atoms with E-state index in [9.17, 15) is 9.90 Å². The number of hydrogen-bond donors (Lipinski definition) is 1. The third-order valence-corrected chi connectivity index (χ3v) is 4.48. The van der Waals surface area contributed by atoms with E-state index in [2.05, 4.69) is 4.90 Å². The highest BCUT2D eigenvalue weighted by molar-refractivity contribution is 5.78. The van der Waals surface area contributed by atoms with Crippen LogP contribution >= 0.6 is 0 Å². The molecule has 0 aromatic carbocycles. The van der Waals surface area contributed by atoms with Gasteiger partial charge in [0, 0.05) is 6.61 Å². The van der Waals surface area contributed by atoms with Crippen LogP contribution in [0.2, 0.25) is 0 Å². The van der Waals surface area contributed by atoms with E-state index in [1.54, 1.807) is 0 Å². The first kappa shape index (κ1) is 13.8. The molecule has 2 aliphatic heterocycles. The van der Waals surface area contributed by atoms with Gasteiger partial charge >= 0.3 is 5.97 Å². The highest BCUT2D eigenvalue weighted by Crippen LogP contribution is 2.29. The minimum Gasteiger partial charge on any atom is -0.480 e. The SMILES string of the molecule is CC1(C(=O)O)CCCCN1CCCC1CCCO1. The van der Waals surface area contributed by atoms with Crippen LogP contribution < -0.4 is 0 Å². The highest BCUT2D eigenvalue weighted by Gasteiger charge is 2.40. The van der Waals surface area contributed by atoms with E-state index >= 15 is 0 Å². The largest absolute Gasteiger partial charge is 0.480 e. The summed E-state index contributed by atoms with van der Waals surface area (Å²) in [4.78, 5) is 13.6. The molecule has 2 fully saturated rings. The van der Waals surface area contributed by atoms with E-state index < -0.39 is 11.5 Å². The number of carboxylic acid groups (broad SMARTS) is 1. The third kappa shape index (κ3) is 3.04. The van der Waals surface area contributed by atoms with Crippen molar-refractivity contribution in [1.82, 2.24) is 4.90 Å². The lowest BCUT2D eigenvalue weighted by atomic mass is 9.88. The normalized spacial score (nSPS) is 33.7. The van der Waals surface area contributed by atoms with Gasteiger partial charge in [-0.2, -0.15) is 0 Å². The van der Waals surface area contributed by atoms with Crippen LogP contribution in [0.3, 0.4) is 0 Å². The van der Waals surface area contributed by atoms with E-state index in [1.807, 2.05) is 6.92 Å². The minimum atomic E-state index is -0.667. The van der Waals surface area contributed by atoms with Gasteiger partial charge < -0.3 is 9.84 Å². The lowest BCUT2D eigenvalue weighted by molar-refractivity contribution is -0.153. The van der Waals surface area contributed by atoms with E-state index in [4.69, 9.17) is 4.74 Å². The number of carbonyl (C=O) groups is 1. The van der Waals surface area contributed by atoms with Crippen molar-refractivity contribution in [3.8, 4) is 0 Å². The molecule has 0 spiro atoms. The van der Waals surface area contributed by atoms with Crippen LogP contribution in [-0.2, 0) is 9.53 Å². The van der Waals surface area contributed by atoms with Gasteiger partial charge in [0.15, 0.2) is 0 Å². The van der Waals surface area contributed by atoms with Crippen LogP contribution in [-0.4, -0.2) is 47.3 Å². The first-order chi connectivity index (χ1) is 8.63. The predicted molar refractivity (Wildman–Crippen MR) is 69.7 cm³/mol. The van der Waals surface area contributed by atoms with Gasteiger partial charge in [-0.3, -0.25) is 9.69 Å². The lowest BCUT2D eigenvalue weighted by Crippen LogP contribution is -2.55. The molecule has 2 aliphatic rings. The van der Waals surface area contributed by atoms with Crippen molar-refractivity contribution in [1.29, 1.82) is 0 Å². The Hall–Kier alpha value is -0.610. The Morgan fingerprint density at radius 2 is 2.28 bits per heavy atom. The number of piperidine rings is 1. The second-order valence-corrected chi connectivity index (χ2v) is 5.80. The van der Waals surface area contributed by atoms with Gasteiger partial charge in [-0.15, -0.1) is 0 Å². The summed E-state index contributed by atoms with van der Waals surface area (Å²) in [7, 11) is 0. The number of aliphatic carboxylic acids is 1. The molecule has 2 unspecified atom stereocenters. The predicted octanol–water partition coefficient (Wildman–Crippen LogP) is 2.27. The molecule has 2 saturated heterocycles. The summed E-state index contributed by atoms with van der Waals surface area (Å²) in [6.07, 6.45) is 7.85. The van der Waals surface area contributed by atoms with Gasteiger partial charge in [-0.1, -0.05) is 0 Å². The summed E-state index contributed by atoms with van der Waals surface area (Å²) in [6.45, 7) is 4.60. The molecule has 2 heterocycles. The quantitative estimate of drug-likeness (QED) is 0.818. The molecular weight excluding hydrogens is 230 g/mol. The zero-order valence-corrected chi connectivity index (χ0v) is 11.4. The fraction of sp³-hybridized carbons (Fsp3) is 0.929. The van der Waals surface area contributed by atoms with E-state index in [-0.39, 0.29) is 0 Å². The van der Waals surface area contributed by atoms with Gasteiger partial charge in [0.1, 0.15) is 5.54 Å². The fourth-order valence-electron chi connectivity index (χ4n) is 3.16. The van der Waals surface area contributed by atoms with Gasteiger partial charge in [0.2, 0.25) is 0 Å². The second kappa shape index (κ2) is 6.02. The first-order valence-corrected chi connectivity index (χ1v) is 7.23. The summed E-state index contributed by atoms with van der Waals surface area (Å²) in [5.41, 5.74) is -0.644. The molecule has 0 radical (unpaired) electrons. The Morgan fingerprint density at radius 3 is 2.94 bits per heavy atom. The molecule has 0 aromatic rings. The fourth-order valence-corrected chi connectivity index (χ4v) is 3.16. The maximum atomic E-state index is 11.4. The molecule has 0 aliphatic carbocycles. The molecule has 18 heavy (non-hydrogen) atoms. The summed E-state index contributed by atoms with van der Waals surface area (Å²) < 4.78 is 5.61. The number of ether oxygens (including phenoxy) is 1. The molecule has 0 amide bonds. The Bertz CT molecular complexity index is 289. The van der Waals surface area contributed by atoms with Gasteiger partial charge in [-0.05, 0) is 65.0 Å². The zero-order chi connectivity index (χ0) is 13.0. The standard InChI is InChI=1S/C14H25NO3/c1-14(13(16)17)8-2-3-9-15(14)10-4-6-12-7-5-11-18-12/h12H,2-11H2,1H3,(H,16,17). The maximum Gasteiger partial charge on any atom is 0.323 e. The van der Waals surface area contributed by atoms with Crippen LogP contribution in [0.5, 0.6) is 0 Å². The Morgan fingerprint density at radius 1 is 1.44 bits per heavy atom. The smallest absolute Gasteiger partial charge is 0.323 e. The molecule has 2 rings (SSSR count). The third-order valence-electron chi connectivity index (χ3n) is 4.48. The van der Waals surface area contributed by atoms with Crippen molar-refractivity contribution in [3.63, 3.8) is 0 Å². The average Bonchev–Trinajstić information content (AvgIpc) is 2.84. The van der Waals surface area contributed by atoms with Crippen LogP contribution in [0.15, 0.2) is 0 Å². The van der Waals surface area contributed by atoms with E-state index in [0.29, 0.717) is 6.10 Å². The maximum absolute atomic E-state index is 11.4. The molecule has 0 saturated carbocycles.